The zero-order valence-electron chi connectivity index (χ0n) is 15.5. The number of hydrogen-bond donors (Lipinski definition) is 1. The van der Waals surface area contributed by atoms with Crippen LogP contribution in [0.3, 0.4) is 0 Å². The molecule has 2 rings (SSSR count). The molecule has 1 aromatic carbocycles. The number of nitrogens with zero attached hydrogens (tertiary/aromatic N) is 3. The summed E-state index contributed by atoms with van der Waals surface area (Å²) in [5, 5.41) is 5.59. The molecule has 1 aromatic heterocycles. The van der Waals surface area contributed by atoms with E-state index in [-0.39, 0.29) is 24.0 Å². The number of halogens is 1. The van der Waals surface area contributed by atoms with Crippen LogP contribution < -0.4 is 5.32 Å². The lowest BCUT2D eigenvalue weighted by Crippen LogP contribution is -2.39. The van der Waals surface area contributed by atoms with Gasteiger partial charge in [0.2, 0.25) is 0 Å². The molecule has 0 fully saturated rings. The maximum Gasteiger partial charge on any atom is 0.193 e. The Morgan fingerprint density at radius 2 is 1.88 bits per heavy atom. The highest BCUT2D eigenvalue weighted by Gasteiger charge is 2.06. The molecule has 6 heteroatoms. The van der Waals surface area contributed by atoms with Crippen molar-refractivity contribution in [1.29, 1.82) is 0 Å². The molecule has 0 bridgehead atoms. The van der Waals surface area contributed by atoms with Crippen molar-refractivity contribution in [3.63, 3.8) is 0 Å². The number of rotatable bonds is 7. The lowest BCUT2D eigenvalue weighted by molar-refractivity contribution is 0.402. The van der Waals surface area contributed by atoms with Crippen LogP contribution in [-0.2, 0) is 19.5 Å². The van der Waals surface area contributed by atoms with Gasteiger partial charge in [0.25, 0.3) is 0 Å². The Morgan fingerprint density at radius 1 is 1.12 bits per heavy atom. The van der Waals surface area contributed by atoms with Crippen LogP contribution in [0.1, 0.15) is 16.0 Å². The van der Waals surface area contributed by atoms with Crippen molar-refractivity contribution in [3.8, 4) is 0 Å². The Balaban J connectivity index is 0.00000312. The topological polar surface area (TPSA) is 30.9 Å². The van der Waals surface area contributed by atoms with Gasteiger partial charge in [-0.05, 0) is 43.1 Å². The van der Waals surface area contributed by atoms with E-state index in [4.69, 9.17) is 0 Å². The number of hydrogen-bond acceptors (Lipinski definition) is 3. The van der Waals surface area contributed by atoms with Crippen molar-refractivity contribution in [2.24, 2.45) is 4.99 Å². The molecule has 0 aliphatic carbocycles. The van der Waals surface area contributed by atoms with Gasteiger partial charge in [0.15, 0.2) is 5.96 Å². The normalized spacial score (nSPS) is 11.3. The van der Waals surface area contributed by atoms with E-state index in [1.807, 2.05) is 18.4 Å². The zero-order chi connectivity index (χ0) is 17.4. The number of guanidine groups is 1. The highest BCUT2D eigenvalue weighted by atomic mass is 127. The minimum absolute atomic E-state index is 0. The molecular formula is C19H29IN4S. The number of aliphatic imine (C=N–C) groups is 1. The molecule has 4 nitrogen and oxygen atoms in total. The van der Waals surface area contributed by atoms with Crippen molar-refractivity contribution in [2.45, 2.75) is 19.5 Å². The number of thiophene rings is 1. The third kappa shape index (κ3) is 7.75. The van der Waals surface area contributed by atoms with Gasteiger partial charge in [0.1, 0.15) is 0 Å². The van der Waals surface area contributed by atoms with Crippen molar-refractivity contribution < 1.29 is 0 Å². The SMILES string of the molecule is CN=C(NCc1cccc(CN(C)C)c1)N(C)CCc1cccs1.I. The van der Waals surface area contributed by atoms with E-state index in [0.717, 1.165) is 32.0 Å². The van der Waals surface area contributed by atoms with Gasteiger partial charge in [-0.25, -0.2) is 0 Å². The van der Waals surface area contributed by atoms with E-state index in [1.54, 1.807) is 0 Å². The van der Waals surface area contributed by atoms with E-state index in [1.165, 1.54) is 16.0 Å². The molecule has 2 aromatic rings. The summed E-state index contributed by atoms with van der Waals surface area (Å²) in [6.45, 7) is 2.71. The summed E-state index contributed by atoms with van der Waals surface area (Å²) in [5.41, 5.74) is 2.61. The predicted octanol–water partition coefficient (Wildman–Crippen LogP) is 3.68. The van der Waals surface area contributed by atoms with Gasteiger partial charge in [-0.1, -0.05) is 30.3 Å². The van der Waals surface area contributed by atoms with Gasteiger partial charge in [0.05, 0.1) is 0 Å². The van der Waals surface area contributed by atoms with E-state index in [9.17, 15) is 0 Å². The van der Waals surface area contributed by atoms with Crippen molar-refractivity contribution in [3.05, 3.63) is 57.8 Å². The van der Waals surface area contributed by atoms with Crippen LogP contribution in [0, 0.1) is 0 Å². The molecule has 1 N–H and O–H groups in total. The Kier molecular flexibility index (Phi) is 10.1. The molecule has 0 radical (unpaired) electrons. The minimum atomic E-state index is 0. The fourth-order valence-corrected chi connectivity index (χ4v) is 3.31. The minimum Gasteiger partial charge on any atom is -0.352 e. The Bertz CT molecular complexity index is 641. The Morgan fingerprint density at radius 3 is 2.52 bits per heavy atom. The summed E-state index contributed by atoms with van der Waals surface area (Å²) in [7, 11) is 8.11. The molecule has 0 aliphatic rings. The number of benzene rings is 1. The fraction of sp³-hybridized carbons (Fsp3) is 0.421. The standard InChI is InChI=1S/C19H28N4S.HI/c1-20-19(23(4)11-10-18-9-6-12-24-18)21-14-16-7-5-8-17(13-16)15-22(2)3;/h5-9,12-13H,10-11,14-15H2,1-4H3,(H,20,21);1H. The number of likely N-dealkylation sites (N-methyl/N-ethyl adjacent to an activating group) is 1. The maximum atomic E-state index is 4.40. The van der Waals surface area contributed by atoms with E-state index >= 15 is 0 Å². The molecule has 0 unspecified atom stereocenters. The van der Waals surface area contributed by atoms with E-state index in [2.05, 4.69) is 83.0 Å². The second-order valence-corrected chi connectivity index (χ2v) is 7.24. The molecule has 0 saturated carbocycles. The van der Waals surface area contributed by atoms with E-state index in [0.29, 0.717) is 0 Å². The van der Waals surface area contributed by atoms with Crippen LogP contribution in [-0.4, -0.2) is 50.5 Å². The first-order valence-electron chi connectivity index (χ1n) is 8.25. The Labute approximate surface area is 173 Å². The summed E-state index contributed by atoms with van der Waals surface area (Å²) in [5.74, 6) is 0.935. The third-order valence-electron chi connectivity index (χ3n) is 3.79. The molecule has 0 amide bonds. The van der Waals surface area contributed by atoms with Gasteiger partial charge >= 0.3 is 0 Å². The molecular weight excluding hydrogens is 443 g/mol. The van der Waals surface area contributed by atoms with Crippen LogP contribution in [0.25, 0.3) is 0 Å². The van der Waals surface area contributed by atoms with Crippen LogP contribution in [0.2, 0.25) is 0 Å². The van der Waals surface area contributed by atoms with Gasteiger partial charge in [-0.15, -0.1) is 35.3 Å². The molecule has 25 heavy (non-hydrogen) atoms. The van der Waals surface area contributed by atoms with Crippen molar-refractivity contribution >= 4 is 41.3 Å². The largest absolute Gasteiger partial charge is 0.352 e. The average Bonchev–Trinajstić information content (AvgIpc) is 3.06. The van der Waals surface area contributed by atoms with Crippen molar-refractivity contribution in [1.82, 2.24) is 15.1 Å². The first-order chi connectivity index (χ1) is 11.6. The Hall–Kier alpha value is -1.12. The third-order valence-corrected chi connectivity index (χ3v) is 4.72. The highest BCUT2D eigenvalue weighted by Crippen LogP contribution is 2.10. The molecule has 0 saturated heterocycles. The molecule has 138 valence electrons. The second kappa shape index (κ2) is 11.5. The van der Waals surface area contributed by atoms with Crippen LogP contribution in [0.4, 0.5) is 0 Å². The van der Waals surface area contributed by atoms with Crippen LogP contribution in [0.5, 0.6) is 0 Å². The molecule has 0 atom stereocenters. The quantitative estimate of drug-likeness (QED) is 0.379. The summed E-state index contributed by atoms with van der Waals surface area (Å²) in [6.07, 6.45) is 1.05. The summed E-state index contributed by atoms with van der Waals surface area (Å²) in [4.78, 5) is 10.2. The van der Waals surface area contributed by atoms with Gasteiger partial charge in [-0.3, -0.25) is 4.99 Å². The molecule has 0 aliphatic heterocycles. The summed E-state index contributed by atoms with van der Waals surface area (Å²) in [6, 6.07) is 13.0. The zero-order valence-corrected chi connectivity index (χ0v) is 18.7. The molecule has 1 heterocycles. The fourth-order valence-electron chi connectivity index (χ4n) is 2.61. The van der Waals surface area contributed by atoms with Gasteiger partial charge in [0, 0.05) is 38.6 Å². The lowest BCUT2D eigenvalue weighted by Gasteiger charge is -2.22. The van der Waals surface area contributed by atoms with E-state index < -0.39 is 0 Å². The lowest BCUT2D eigenvalue weighted by atomic mass is 10.1. The van der Waals surface area contributed by atoms with Crippen molar-refractivity contribution in [2.75, 3.05) is 34.7 Å². The van der Waals surface area contributed by atoms with Crippen LogP contribution in [0.15, 0.2) is 46.8 Å². The monoisotopic (exact) mass is 472 g/mol. The van der Waals surface area contributed by atoms with Gasteiger partial charge in [-0.2, -0.15) is 0 Å². The average molecular weight is 472 g/mol. The molecule has 0 spiro atoms. The van der Waals surface area contributed by atoms with Gasteiger partial charge < -0.3 is 15.1 Å². The first kappa shape index (κ1) is 21.9. The second-order valence-electron chi connectivity index (χ2n) is 6.21. The summed E-state index contributed by atoms with van der Waals surface area (Å²) >= 11 is 1.81. The predicted molar refractivity (Wildman–Crippen MR) is 120 cm³/mol. The first-order valence-corrected chi connectivity index (χ1v) is 9.13. The number of nitrogens with one attached hydrogen (secondary N) is 1. The van der Waals surface area contributed by atoms with Crippen LogP contribution >= 0.6 is 35.3 Å². The summed E-state index contributed by atoms with van der Waals surface area (Å²) < 4.78 is 0. The smallest absolute Gasteiger partial charge is 0.193 e. The highest BCUT2D eigenvalue weighted by molar-refractivity contribution is 14.0. The maximum absolute atomic E-state index is 4.40.